The van der Waals surface area contributed by atoms with Gasteiger partial charge in [0, 0.05) is 5.56 Å². The zero-order chi connectivity index (χ0) is 9.84. The standard InChI is InChI=1S/C10H12FNO.ClH/c1-3-8(12)7-5-4-6-9(13-2)10(7)11;/h3-6,8H,1,12H2,2H3;1H/t8-;/m1./s1. The summed E-state index contributed by atoms with van der Waals surface area (Å²) in [6, 6.07) is 4.37. The van der Waals surface area contributed by atoms with Crippen LogP contribution >= 0.6 is 12.4 Å². The van der Waals surface area contributed by atoms with Gasteiger partial charge in [0.1, 0.15) is 0 Å². The van der Waals surface area contributed by atoms with Crippen LogP contribution in [-0.4, -0.2) is 7.11 Å². The van der Waals surface area contributed by atoms with Gasteiger partial charge in [-0.3, -0.25) is 0 Å². The van der Waals surface area contributed by atoms with E-state index in [1.54, 1.807) is 18.2 Å². The van der Waals surface area contributed by atoms with Crippen molar-refractivity contribution in [3.8, 4) is 5.75 Å². The quantitative estimate of drug-likeness (QED) is 0.790. The highest BCUT2D eigenvalue weighted by Gasteiger charge is 2.11. The van der Waals surface area contributed by atoms with Crippen LogP contribution in [0, 0.1) is 5.82 Å². The van der Waals surface area contributed by atoms with Crippen LogP contribution in [0.2, 0.25) is 0 Å². The summed E-state index contributed by atoms with van der Waals surface area (Å²) in [7, 11) is 1.42. The van der Waals surface area contributed by atoms with Crippen molar-refractivity contribution in [3.05, 3.63) is 42.2 Å². The van der Waals surface area contributed by atoms with E-state index in [4.69, 9.17) is 10.5 Å². The summed E-state index contributed by atoms with van der Waals surface area (Å²) in [4.78, 5) is 0. The van der Waals surface area contributed by atoms with E-state index in [9.17, 15) is 4.39 Å². The van der Waals surface area contributed by atoms with Gasteiger partial charge >= 0.3 is 0 Å². The molecule has 0 unspecified atom stereocenters. The Morgan fingerprint density at radius 3 is 2.71 bits per heavy atom. The lowest BCUT2D eigenvalue weighted by Crippen LogP contribution is -2.09. The van der Waals surface area contributed by atoms with Crippen molar-refractivity contribution in [2.45, 2.75) is 6.04 Å². The molecule has 0 amide bonds. The van der Waals surface area contributed by atoms with Crippen molar-refractivity contribution in [1.29, 1.82) is 0 Å². The zero-order valence-electron chi connectivity index (χ0n) is 7.87. The van der Waals surface area contributed by atoms with Crippen molar-refractivity contribution in [2.75, 3.05) is 7.11 Å². The van der Waals surface area contributed by atoms with Gasteiger partial charge in [0.25, 0.3) is 0 Å². The Hall–Kier alpha value is -1.06. The molecule has 1 aromatic carbocycles. The third kappa shape index (κ3) is 2.47. The van der Waals surface area contributed by atoms with Crippen molar-refractivity contribution in [3.63, 3.8) is 0 Å². The maximum absolute atomic E-state index is 13.5. The van der Waals surface area contributed by atoms with Gasteiger partial charge in [0.05, 0.1) is 13.2 Å². The largest absolute Gasteiger partial charge is 0.494 e. The fraction of sp³-hybridized carbons (Fsp3) is 0.200. The van der Waals surface area contributed by atoms with E-state index in [-0.39, 0.29) is 18.2 Å². The van der Waals surface area contributed by atoms with E-state index in [0.29, 0.717) is 5.56 Å². The average Bonchev–Trinajstić information content (AvgIpc) is 2.17. The number of ether oxygens (including phenoxy) is 1. The minimum atomic E-state index is -0.491. The molecule has 4 heteroatoms. The summed E-state index contributed by atoms with van der Waals surface area (Å²) in [5, 5.41) is 0. The average molecular weight is 218 g/mol. The maximum atomic E-state index is 13.5. The Labute approximate surface area is 89.0 Å². The van der Waals surface area contributed by atoms with E-state index in [1.807, 2.05) is 0 Å². The molecule has 14 heavy (non-hydrogen) atoms. The molecule has 0 aliphatic rings. The molecular formula is C10H13ClFNO. The first-order valence-corrected chi connectivity index (χ1v) is 3.91. The highest BCUT2D eigenvalue weighted by atomic mass is 35.5. The first-order valence-electron chi connectivity index (χ1n) is 3.91. The molecule has 0 spiro atoms. The predicted molar refractivity (Wildman–Crippen MR) is 57.3 cm³/mol. The Bertz CT molecular complexity index is 317. The number of nitrogens with two attached hydrogens (primary N) is 1. The summed E-state index contributed by atoms with van der Waals surface area (Å²) in [5.74, 6) is -0.216. The molecule has 0 saturated carbocycles. The minimum absolute atomic E-state index is 0. The molecular weight excluding hydrogens is 205 g/mol. The first kappa shape index (κ1) is 12.9. The van der Waals surface area contributed by atoms with Crippen LogP contribution in [0.25, 0.3) is 0 Å². The summed E-state index contributed by atoms with van der Waals surface area (Å²) in [6.45, 7) is 3.50. The highest BCUT2D eigenvalue weighted by molar-refractivity contribution is 5.85. The molecule has 0 radical (unpaired) electrons. The van der Waals surface area contributed by atoms with Crippen molar-refractivity contribution >= 4 is 12.4 Å². The molecule has 78 valence electrons. The van der Waals surface area contributed by atoms with Gasteiger partial charge in [0.2, 0.25) is 0 Å². The summed E-state index contributed by atoms with van der Waals surface area (Å²) >= 11 is 0. The second-order valence-electron chi connectivity index (χ2n) is 2.62. The van der Waals surface area contributed by atoms with E-state index < -0.39 is 11.9 Å². The lowest BCUT2D eigenvalue weighted by molar-refractivity contribution is 0.383. The number of hydrogen-bond acceptors (Lipinski definition) is 2. The Morgan fingerprint density at radius 2 is 2.21 bits per heavy atom. The fourth-order valence-corrected chi connectivity index (χ4v) is 1.07. The lowest BCUT2D eigenvalue weighted by Gasteiger charge is -2.10. The van der Waals surface area contributed by atoms with Crippen LogP contribution in [0.15, 0.2) is 30.9 Å². The zero-order valence-corrected chi connectivity index (χ0v) is 8.68. The van der Waals surface area contributed by atoms with Gasteiger partial charge in [-0.25, -0.2) is 4.39 Å². The highest BCUT2D eigenvalue weighted by Crippen LogP contribution is 2.23. The number of methoxy groups -OCH3 is 1. The molecule has 0 aromatic heterocycles. The Kier molecular flexibility index (Phi) is 5.20. The second-order valence-corrected chi connectivity index (χ2v) is 2.62. The van der Waals surface area contributed by atoms with Crippen LogP contribution in [0.3, 0.4) is 0 Å². The van der Waals surface area contributed by atoms with Crippen molar-refractivity contribution in [2.24, 2.45) is 5.73 Å². The maximum Gasteiger partial charge on any atom is 0.170 e. The number of rotatable bonds is 3. The van der Waals surface area contributed by atoms with Crippen molar-refractivity contribution < 1.29 is 9.13 Å². The van der Waals surface area contributed by atoms with Crippen LogP contribution in [0.1, 0.15) is 11.6 Å². The summed E-state index contributed by atoms with van der Waals surface area (Å²) in [5.41, 5.74) is 6.00. The normalized spacial score (nSPS) is 11.4. The molecule has 1 aromatic rings. The monoisotopic (exact) mass is 217 g/mol. The number of halogens is 2. The van der Waals surface area contributed by atoms with Gasteiger partial charge in [-0.05, 0) is 6.07 Å². The van der Waals surface area contributed by atoms with Crippen LogP contribution in [0.4, 0.5) is 4.39 Å². The smallest absolute Gasteiger partial charge is 0.170 e. The minimum Gasteiger partial charge on any atom is -0.494 e. The van der Waals surface area contributed by atoms with Crippen LogP contribution in [0.5, 0.6) is 5.75 Å². The molecule has 1 atom stereocenters. The SMILES string of the molecule is C=C[C@@H](N)c1cccc(OC)c1F.Cl. The summed E-state index contributed by atoms with van der Waals surface area (Å²) < 4.78 is 18.3. The van der Waals surface area contributed by atoms with Crippen LogP contribution < -0.4 is 10.5 Å². The van der Waals surface area contributed by atoms with Gasteiger partial charge in [-0.1, -0.05) is 18.2 Å². The van der Waals surface area contributed by atoms with Gasteiger partial charge < -0.3 is 10.5 Å². The second kappa shape index (κ2) is 5.62. The van der Waals surface area contributed by atoms with E-state index in [1.165, 1.54) is 13.2 Å². The number of hydrogen-bond donors (Lipinski definition) is 1. The van der Waals surface area contributed by atoms with Crippen molar-refractivity contribution in [1.82, 2.24) is 0 Å². The van der Waals surface area contributed by atoms with E-state index >= 15 is 0 Å². The molecule has 1 rings (SSSR count). The first-order chi connectivity index (χ1) is 6.20. The van der Waals surface area contributed by atoms with Gasteiger partial charge in [0.15, 0.2) is 11.6 Å². The molecule has 0 aliphatic carbocycles. The molecule has 0 bridgehead atoms. The predicted octanol–water partition coefficient (Wildman–Crippen LogP) is 2.44. The van der Waals surface area contributed by atoms with E-state index in [2.05, 4.69) is 6.58 Å². The molecule has 0 fully saturated rings. The number of benzene rings is 1. The molecule has 0 aliphatic heterocycles. The molecule has 2 N–H and O–H groups in total. The van der Waals surface area contributed by atoms with E-state index in [0.717, 1.165) is 0 Å². The van der Waals surface area contributed by atoms with Gasteiger partial charge in [-0.2, -0.15) is 0 Å². The topological polar surface area (TPSA) is 35.2 Å². The Balaban J connectivity index is 0.00000169. The lowest BCUT2D eigenvalue weighted by atomic mass is 10.1. The Morgan fingerprint density at radius 1 is 1.57 bits per heavy atom. The third-order valence-electron chi connectivity index (χ3n) is 1.83. The fourth-order valence-electron chi connectivity index (χ4n) is 1.07. The summed E-state index contributed by atoms with van der Waals surface area (Å²) in [6.07, 6.45) is 1.48. The molecule has 0 heterocycles. The molecule has 0 saturated heterocycles. The molecule has 2 nitrogen and oxygen atoms in total. The van der Waals surface area contributed by atoms with Gasteiger partial charge in [-0.15, -0.1) is 19.0 Å². The van der Waals surface area contributed by atoms with Crippen LogP contribution in [-0.2, 0) is 0 Å². The third-order valence-corrected chi connectivity index (χ3v) is 1.83.